The number of ether oxygens (including phenoxy) is 1. The highest BCUT2D eigenvalue weighted by Crippen LogP contribution is 2.28. The van der Waals surface area contributed by atoms with Gasteiger partial charge in [0.25, 0.3) is 0 Å². The van der Waals surface area contributed by atoms with Crippen LogP contribution in [0.1, 0.15) is 39.5 Å². The van der Waals surface area contributed by atoms with Gasteiger partial charge in [0.1, 0.15) is 6.10 Å². The number of carbonyl (C=O) groups is 1. The predicted octanol–water partition coefficient (Wildman–Crippen LogP) is 3.04. The number of ketones is 1. The molecule has 2 unspecified atom stereocenters. The molecule has 1 fully saturated rings. The van der Waals surface area contributed by atoms with E-state index < -0.39 is 0 Å². The molecule has 2 atom stereocenters. The maximum absolute atomic E-state index is 10.6. The Balaban J connectivity index is 2.08. The highest BCUT2D eigenvalue weighted by molar-refractivity contribution is 5.87. The van der Waals surface area contributed by atoms with Crippen molar-refractivity contribution in [2.45, 2.75) is 51.7 Å². The van der Waals surface area contributed by atoms with E-state index in [9.17, 15) is 4.79 Å². The van der Waals surface area contributed by atoms with Crippen LogP contribution < -0.4 is 0 Å². The molecule has 0 aromatic rings. The fourth-order valence-corrected chi connectivity index (χ4v) is 1.52. The topological polar surface area (TPSA) is 29.6 Å². The maximum Gasteiger partial charge on any atom is 0.152 e. The Bertz CT molecular complexity index is 253. The van der Waals surface area contributed by atoms with E-state index in [2.05, 4.69) is 6.92 Å². The molecule has 15 heavy (non-hydrogen) atoms. The highest BCUT2D eigenvalue weighted by Gasteiger charge is 2.35. The molecular formula is C13H20O2. The average molecular weight is 208 g/mol. The van der Waals surface area contributed by atoms with E-state index >= 15 is 0 Å². The summed E-state index contributed by atoms with van der Waals surface area (Å²) < 4.78 is 5.46. The van der Waals surface area contributed by atoms with Crippen LogP contribution in [-0.4, -0.2) is 18.0 Å². The van der Waals surface area contributed by atoms with E-state index in [4.69, 9.17) is 4.74 Å². The number of allylic oxidation sites excluding steroid dienone is 3. The van der Waals surface area contributed by atoms with E-state index in [-0.39, 0.29) is 5.78 Å². The minimum Gasteiger partial charge on any atom is -0.365 e. The minimum absolute atomic E-state index is 0.0795. The molecule has 0 bridgehead atoms. The van der Waals surface area contributed by atoms with Crippen molar-refractivity contribution in [1.29, 1.82) is 0 Å². The standard InChI is InChI=1S/C13H20O2/c1-3-4-5-9-12-13(15-12)10-7-6-8-11(2)14/h6-8,10,12-13H,3-5,9H2,1-2H3/b8-6+,10-7+. The molecule has 1 heterocycles. The first-order valence-electron chi connectivity index (χ1n) is 5.75. The smallest absolute Gasteiger partial charge is 0.152 e. The Hall–Kier alpha value is -0.890. The molecule has 1 aliphatic heterocycles. The van der Waals surface area contributed by atoms with Crippen LogP contribution >= 0.6 is 0 Å². The molecule has 0 amide bonds. The number of rotatable bonds is 7. The summed E-state index contributed by atoms with van der Waals surface area (Å²) in [4.78, 5) is 10.6. The lowest BCUT2D eigenvalue weighted by molar-refractivity contribution is -0.112. The fourth-order valence-electron chi connectivity index (χ4n) is 1.52. The average Bonchev–Trinajstić information content (AvgIpc) is 2.92. The van der Waals surface area contributed by atoms with Crippen LogP contribution in [0.15, 0.2) is 24.3 Å². The molecule has 0 spiro atoms. The van der Waals surface area contributed by atoms with Gasteiger partial charge in [0.15, 0.2) is 5.78 Å². The molecule has 84 valence electrons. The van der Waals surface area contributed by atoms with Gasteiger partial charge in [0.05, 0.1) is 6.10 Å². The third-order valence-electron chi connectivity index (χ3n) is 2.46. The van der Waals surface area contributed by atoms with E-state index in [1.807, 2.05) is 12.2 Å². The molecule has 0 aliphatic carbocycles. The monoisotopic (exact) mass is 208 g/mol. The van der Waals surface area contributed by atoms with Crippen LogP contribution in [0.2, 0.25) is 0 Å². The third kappa shape index (κ3) is 5.53. The number of carbonyl (C=O) groups excluding carboxylic acids is 1. The predicted molar refractivity (Wildman–Crippen MR) is 61.8 cm³/mol. The fraction of sp³-hybridized carbons (Fsp3) is 0.615. The van der Waals surface area contributed by atoms with Crippen LogP contribution in [0.5, 0.6) is 0 Å². The molecule has 0 aromatic heterocycles. The molecule has 0 aromatic carbocycles. The Morgan fingerprint density at radius 3 is 2.80 bits per heavy atom. The summed E-state index contributed by atoms with van der Waals surface area (Å²) in [6.07, 6.45) is 12.9. The normalized spacial score (nSPS) is 25.2. The van der Waals surface area contributed by atoms with Gasteiger partial charge < -0.3 is 4.74 Å². The zero-order valence-electron chi connectivity index (χ0n) is 9.61. The van der Waals surface area contributed by atoms with Crippen molar-refractivity contribution in [2.24, 2.45) is 0 Å². The largest absolute Gasteiger partial charge is 0.365 e. The first-order chi connectivity index (χ1) is 7.24. The lowest BCUT2D eigenvalue weighted by Crippen LogP contribution is -1.90. The first-order valence-corrected chi connectivity index (χ1v) is 5.75. The molecule has 0 N–H and O–H groups in total. The van der Waals surface area contributed by atoms with Gasteiger partial charge in [-0.1, -0.05) is 44.4 Å². The van der Waals surface area contributed by atoms with Gasteiger partial charge in [-0.3, -0.25) is 4.79 Å². The van der Waals surface area contributed by atoms with E-state index in [0.717, 1.165) is 0 Å². The zero-order chi connectivity index (χ0) is 11.1. The van der Waals surface area contributed by atoms with Crippen molar-refractivity contribution < 1.29 is 9.53 Å². The van der Waals surface area contributed by atoms with Crippen molar-refractivity contribution in [3.8, 4) is 0 Å². The molecule has 0 saturated carbocycles. The first kappa shape index (κ1) is 12.2. The van der Waals surface area contributed by atoms with Gasteiger partial charge in [-0.2, -0.15) is 0 Å². The number of epoxide rings is 1. The number of hydrogen-bond acceptors (Lipinski definition) is 2. The van der Waals surface area contributed by atoms with Crippen LogP contribution in [0.3, 0.4) is 0 Å². The van der Waals surface area contributed by atoms with Gasteiger partial charge in [-0.25, -0.2) is 0 Å². The number of unbranched alkanes of at least 4 members (excludes halogenated alkanes) is 2. The Morgan fingerprint density at radius 2 is 2.13 bits per heavy atom. The Kier molecular flexibility index (Phi) is 5.33. The lowest BCUT2D eigenvalue weighted by Gasteiger charge is -1.92. The maximum atomic E-state index is 10.6. The Morgan fingerprint density at radius 1 is 1.33 bits per heavy atom. The van der Waals surface area contributed by atoms with Gasteiger partial charge in [0.2, 0.25) is 0 Å². The van der Waals surface area contributed by atoms with Crippen molar-refractivity contribution >= 4 is 5.78 Å². The van der Waals surface area contributed by atoms with E-state index in [1.54, 1.807) is 19.1 Å². The zero-order valence-corrected chi connectivity index (χ0v) is 9.61. The number of hydrogen-bond donors (Lipinski definition) is 0. The molecule has 1 aliphatic rings. The van der Waals surface area contributed by atoms with E-state index in [1.165, 1.54) is 25.7 Å². The quantitative estimate of drug-likeness (QED) is 0.278. The van der Waals surface area contributed by atoms with Crippen LogP contribution in [0.25, 0.3) is 0 Å². The summed E-state index contributed by atoms with van der Waals surface area (Å²) in [6, 6.07) is 0. The van der Waals surface area contributed by atoms with Gasteiger partial charge in [-0.05, 0) is 19.4 Å². The molecule has 1 rings (SSSR count). The summed E-state index contributed by atoms with van der Waals surface area (Å²) in [5, 5.41) is 0. The van der Waals surface area contributed by atoms with Crippen molar-refractivity contribution in [3.05, 3.63) is 24.3 Å². The van der Waals surface area contributed by atoms with Crippen molar-refractivity contribution in [1.82, 2.24) is 0 Å². The van der Waals surface area contributed by atoms with Gasteiger partial charge in [0, 0.05) is 0 Å². The summed E-state index contributed by atoms with van der Waals surface area (Å²) in [5.41, 5.74) is 0. The molecule has 1 saturated heterocycles. The summed E-state index contributed by atoms with van der Waals surface area (Å²) in [7, 11) is 0. The summed E-state index contributed by atoms with van der Waals surface area (Å²) in [6.45, 7) is 3.75. The van der Waals surface area contributed by atoms with Crippen LogP contribution in [0, 0.1) is 0 Å². The SMILES string of the molecule is CCCCCC1OC1/C=C/C=C/C(C)=O. The van der Waals surface area contributed by atoms with Gasteiger partial charge in [-0.15, -0.1) is 0 Å². The second-order valence-electron chi connectivity index (χ2n) is 3.99. The van der Waals surface area contributed by atoms with E-state index in [0.29, 0.717) is 12.2 Å². The molecule has 2 heteroatoms. The lowest BCUT2D eigenvalue weighted by atomic mass is 10.1. The molecular weight excluding hydrogens is 188 g/mol. The van der Waals surface area contributed by atoms with Gasteiger partial charge >= 0.3 is 0 Å². The second-order valence-corrected chi connectivity index (χ2v) is 3.99. The summed E-state index contributed by atoms with van der Waals surface area (Å²) >= 11 is 0. The molecule has 0 radical (unpaired) electrons. The highest BCUT2D eigenvalue weighted by atomic mass is 16.6. The third-order valence-corrected chi connectivity index (χ3v) is 2.46. The van der Waals surface area contributed by atoms with Crippen molar-refractivity contribution in [3.63, 3.8) is 0 Å². The van der Waals surface area contributed by atoms with Crippen LogP contribution in [0.4, 0.5) is 0 Å². The summed E-state index contributed by atoms with van der Waals surface area (Å²) in [5.74, 6) is 0.0795. The minimum atomic E-state index is 0.0795. The Labute approximate surface area is 92.0 Å². The molecule has 2 nitrogen and oxygen atoms in total. The van der Waals surface area contributed by atoms with Crippen LogP contribution in [-0.2, 0) is 9.53 Å². The van der Waals surface area contributed by atoms with Crippen molar-refractivity contribution in [2.75, 3.05) is 0 Å². The second kappa shape index (κ2) is 6.57.